The van der Waals surface area contributed by atoms with E-state index in [4.69, 9.17) is 5.73 Å². The summed E-state index contributed by atoms with van der Waals surface area (Å²) in [6, 6.07) is -0.434. The quantitative estimate of drug-likeness (QED) is 0.738. The summed E-state index contributed by atoms with van der Waals surface area (Å²) < 4.78 is 1.68. The Morgan fingerprint density at radius 2 is 2.31 bits per heavy atom. The maximum atomic E-state index is 11.9. The largest absolute Gasteiger partial charge is 0.368 e. The molecule has 16 heavy (non-hydrogen) atoms. The topological polar surface area (TPSA) is 81.2 Å². The summed E-state index contributed by atoms with van der Waals surface area (Å²) in [5.41, 5.74) is 5.25. The summed E-state index contributed by atoms with van der Waals surface area (Å²) in [4.78, 5) is 28.4. The van der Waals surface area contributed by atoms with Crippen molar-refractivity contribution in [3.63, 3.8) is 0 Å². The first-order valence-electron chi connectivity index (χ1n) is 5.23. The van der Waals surface area contributed by atoms with Crippen LogP contribution < -0.4 is 5.73 Å². The molecule has 1 aromatic heterocycles. The Hall–Kier alpha value is -1.85. The molecule has 1 unspecified atom stereocenters. The number of carbonyl (C=O) groups excluding carboxylic acids is 2. The predicted molar refractivity (Wildman–Crippen MR) is 56.2 cm³/mol. The fraction of sp³-hybridized carbons (Fsp3) is 0.500. The van der Waals surface area contributed by atoms with Gasteiger partial charge in [-0.15, -0.1) is 0 Å². The van der Waals surface area contributed by atoms with Crippen molar-refractivity contribution in [1.82, 2.24) is 14.5 Å². The second-order valence-corrected chi connectivity index (χ2v) is 3.88. The van der Waals surface area contributed by atoms with Crippen LogP contribution in [0.15, 0.2) is 18.7 Å². The van der Waals surface area contributed by atoms with Gasteiger partial charge in [0.25, 0.3) is 0 Å². The first kappa shape index (κ1) is 10.7. The average molecular weight is 222 g/mol. The zero-order chi connectivity index (χ0) is 11.5. The summed E-state index contributed by atoms with van der Waals surface area (Å²) in [6.45, 7) is 0.824. The predicted octanol–water partition coefficient (Wildman–Crippen LogP) is -0.641. The van der Waals surface area contributed by atoms with E-state index in [9.17, 15) is 9.59 Å². The molecule has 0 spiro atoms. The molecule has 0 radical (unpaired) electrons. The zero-order valence-electron chi connectivity index (χ0n) is 8.87. The number of primary amides is 1. The highest BCUT2D eigenvalue weighted by Crippen LogP contribution is 2.17. The lowest BCUT2D eigenvalue weighted by atomic mass is 10.2. The van der Waals surface area contributed by atoms with E-state index in [-0.39, 0.29) is 12.5 Å². The van der Waals surface area contributed by atoms with Crippen LogP contribution in [-0.2, 0) is 16.1 Å². The Morgan fingerprint density at radius 1 is 1.50 bits per heavy atom. The number of rotatable bonds is 3. The van der Waals surface area contributed by atoms with Crippen molar-refractivity contribution in [2.75, 3.05) is 6.54 Å². The fourth-order valence-electron chi connectivity index (χ4n) is 1.99. The number of nitrogens with zero attached hydrogens (tertiary/aromatic N) is 3. The highest BCUT2D eigenvalue weighted by Gasteiger charge is 2.32. The van der Waals surface area contributed by atoms with Crippen LogP contribution in [0.3, 0.4) is 0 Å². The zero-order valence-corrected chi connectivity index (χ0v) is 8.87. The van der Waals surface area contributed by atoms with Gasteiger partial charge in [-0.05, 0) is 12.8 Å². The third-order valence-electron chi connectivity index (χ3n) is 2.78. The summed E-state index contributed by atoms with van der Waals surface area (Å²) >= 11 is 0. The van der Waals surface area contributed by atoms with Gasteiger partial charge in [0, 0.05) is 18.9 Å². The van der Waals surface area contributed by atoms with Crippen molar-refractivity contribution in [2.24, 2.45) is 5.73 Å². The molecule has 1 aromatic rings. The van der Waals surface area contributed by atoms with Crippen LogP contribution in [0.4, 0.5) is 0 Å². The van der Waals surface area contributed by atoms with Crippen molar-refractivity contribution in [3.05, 3.63) is 18.7 Å². The number of aromatic nitrogens is 2. The number of nitrogens with two attached hydrogens (primary N) is 1. The molecule has 2 N–H and O–H groups in total. The van der Waals surface area contributed by atoms with Crippen molar-refractivity contribution in [3.8, 4) is 0 Å². The van der Waals surface area contributed by atoms with Crippen molar-refractivity contribution in [1.29, 1.82) is 0 Å². The molecule has 1 aliphatic rings. The molecule has 1 aliphatic heterocycles. The van der Waals surface area contributed by atoms with E-state index in [0.29, 0.717) is 13.0 Å². The van der Waals surface area contributed by atoms with Gasteiger partial charge in [-0.25, -0.2) is 4.98 Å². The molecule has 2 heterocycles. The van der Waals surface area contributed by atoms with Gasteiger partial charge in [0.2, 0.25) is 11.8 Å². The Morgan fingerprint density at radius 3 is 2.94 bits per heavy atom. The molecule has 2 rings (SSSR count). The first-order valence-corrected chi connectivity index (χ1v) is 5.23. The highest BCUT2D eigenvalue weighted by molar-refractivity contribution is 5.87. The summed E-state index contributed by atoms with van der Waals surface area (Å²) in [5.74, 6) is -0.504. The Bertz CT molecular complexity index is 388. The van der Waals surface area contributed by atoms with E-state index in [1.54, 1.807) is 28.2 Å². The minimum Gasteiger partial charge on any atom is -0.368 e. The van der Waals surface area contributed by atoms with E-state index in [1.807, 2.05) is 0 Å². The number of likely N-dealkylation sites (tertiary alicyclic amines) is 1. The molecule has 0 bridgehead atoms. The Balaban J connectivity index is 2.01. The lowest BCUT2D eigenvalue weighted by Crippen LogP contribution is -2.44. The molecule has 86 valence electrons. The highest BCUT2D eigenvalue weighted by atomic mass is 16.2. The molecule has 0 saturated carbocycles. The maximum absolute atomic E-state index is 11.9. The van der Waals surface area contributed by atoms with E-state index in [2.05, 4.69) is 4.98 Å². The van der Waals surface area contributed by atoms with Gasteiger partial charge in [0.05, 0.1) is 6.33 Å². The maximum Gasteiger partial charge on any atom is 0.243 e. The fourth-order valence-corrected chi connectivity index (χ4v) is 1.99. The number of imidazole rings is 1. The van der Waals surface area contributed by atoms with Crippen LogP contribution in [-0.4, -0.2) is 38.9 Å². The van der Waals surface area contributed by atoms with Gasteiger partial charge in [0.15, 0.2) is 0 Å². The number of hydrogen-bond acceptors (Lipinski definition) is 3. The number of hydrogen-bond donors (Lipinski definition) is 1. The van der Waals surface area contributed by atoms with Gasteiger partial charge >= 0.3 is 0 Å². The average Bonchev–Trinajstić information content (AvgIpc) is 2.86. The normalized spacial score (nSPS) is 20.0. The van der Waals surface area contributed by atoms with Crippen LogP contribution in [0.2, 0.25) is 0 Å². The molecule has 0 aliphatic carbocycles. The molecule has 2 amide bonds. The van der Waals surface area contributed by atoms with Crippen LogP contribution >= 0.6 is 0 Å². The molecule has 6 nitrogen and oxygen atoms in total. The van der Waals surface area contributed by atoms with Crippen LogP contribution in [0, 0.1) is 0 Å². The van der Waals surface area contributed by atoms with Gasteiger partial charge in [0.1, 0.15) is 12.6 Å². The standard InChI is InChI=1S/C10H14N4O2/c11-10(16)8-2-1-4-14(8)9(15)6-13-5-3-12-7-13/h3,5,7-8H,1-2,4,6H2,(H2,11,16). The third kappa shape index (κ3) is 2.05. The van der Waals surface area contributed by atoms with Crippen LogP contribution in [0.1, 0.15) is 12.8 Å². The lowest BCUT2D eigenvalue weighted by Gasteiger charge is -2.22. The van der Waals surface area contributed by atoms with E-state index in [1.165, 1.54) is 0 Å². The summed E-state index contributed by atoms with van der Waals surface area (Å²) in [5, 5.41) is 0. The second kappa shape index (κ2) is 4.34. The number of carbonyl (C=O) groups is 2. The summed E-state index contributed by atoms with van der Waals surface area (Å²) in [6.07, 6.45) is 6.41. The third-order valence-corrected chi connectivity index (χ3v) is 2.78. The minimum absolute atomic E-state index is 0.0840. The lowest BCUT2D eigenvalue weighted by molar-refractivity contribution is -0.137. The molecule has 1 fully saturated rings. The van der Waals surface area contributed by atoms with Gasteiger partial charge < -0.3 is 15.2 Å². The van der Waals surface area contributed by atoms with Crippen molar-refractivity contribution in [2.45, 2.75) is 25.4 Å². The van der Waals surface area contributed by atoms with Gasteiger partial charge in [-0.1, -0.05) is 0 Å². The van der Waals surface area contributed by atoms with Crippen molar-refractivity contribution >= 4 is 11.8 Å². The molecular formula is C10H14N4O2. The van der Waals surface area contributed by atoms with E-state index >= 15 is 0 Å². The minimum atomic E-state index is -0.434. The SMILES string of the molecule is NC(=O)C1CCCN1C(=O)Cn1ccnc1. The van der Waals surface area contributed by atoms with E-state index in [0.717, 1.165) is 6.42 Å². The van der Waals surface area contributed by atoms with Gasteiger partial charge in [-0.3, -0.25) is 9.59 Å². The first-order chi connectivity index (χ1) is 7.68. The molecule has 6 heteroatoms. The van der Waals surface area contributed by atoms with Gasteiger partial charge in [-0.2, -0.15) is 0 Å². The molecule has 1 saturated heterocycles. The summed E-state index contributed by atoms with van der Waals surface area (Å²) in [7, 11) is 0. The van der Waals surface area contributed by atoms with Crippen molar-refractivity contribution < 1.29 is 9.59 Å². The monoisotopic (exact) mass is 222 g/mol. The molecule has 1 atom stereocenters. The smallest absolute Gasteiger partial charge is 0.243 e. The molecular weight excluding hydrogens is 208 g/mol. The molecule has 0 aromatic carbocycles. The van der Waals surface area contributed by atoms with E-state index < -0.39 is 11.9 Å². The number of amides is 2. The second-order valence-electron chi connectivity index (χ2n) is 3.88. The Labute approximate surface area is 93.0 Å². The van der Waals surface area contributed by atoms with Crippen LogP contribution in [0.5, 0.6) is 0 Å². The van der Waals surface area contributed by atoms with Crippen LogP contribution in [0.25, 0.3) is 0 Å². The Kier molecular flexibility index (Phi) is 2.89.